The van der Waals surface area contributed by atoms with Gasteiger partial charge in [-0.2, -0.15) is 0 Å². The smallest absolute Gasteiger partial charge is 0.323 e. The summed E-state index contributed by atoms with van der Waals surface area (Å²) in [4.78, 5) is 26.7. The van der Waals surface area contributed by atoms with Gasteiger partial charge in [-0.25, -0.2) is 13.1 Å². The Balaban J connectivity index is 2.88. The number of carboxylic acid groups (broad SMARTS) is 1. The average molecular weight is 347 g/mol. The second kappa shape index (κ2) is 8.65. The number of methoxy groups -OCH3 is 1. The molecule has 0 aliphatic rings. The molecular formula is C13H21N3O6S. The van der Waals surface area contributed by atoms with Crippen LogP contribution in [0.5, 0.6) is 0 Å². The number of carbonyl (C=O) groups excluding carboxylic acids is 1. The van der Waals surface area contributed by atoms with E-state index in [9.17, 15) is 18.0 Å². The van der Waals surface area contributed by atoms with Crippen LogP contribution in [0.3, 0.4) is 0 Å². The average Bonchev–Trinajstić information content (AvgIpc) is 2.96. The number of aliphatic carboxylic acids is 1. The van der Waals surface area contributed by atoms with Crippen molar-refractivity contribution in [2.24, 2.45) is 0 Å². The molecule has 0 saturated carbocycles. The van der Waals surface area contributed by atoms with Gasteiger partial charge in [0.25, 0.3) is 5.91 Å². The zero-order chi connectivity index (χ0) is 17.5. The molecule has 1 aromatic heterocycles. The molecule has 0 aliphatic carbocycles. The van der Waals surface area contributed by atoms with E-state index in [0.717, 1.165) is 4.90 Å². The lowest BCUT2D eigenvalue weighted by atomic mass is 10.3. The summed E-state index contributed by atoms with van der Waals surface area (Å²) in [5, 5.41) is 8.84. The number of hydrogen-bond acceptors (Lipinski definition) is 5. The number of hydrogen-bond donors (Lipinski definition) is 3. The Morgan fingerprint density at radius 3 is 2.70 bits per heavy atom. The normalized spacial score (nSPS) is 11.4. The van der Waals surface area contributed by atoms with Crippen LogP contribution in [0.1, 0.15) is 23.8 Å². The lowest BCUT2D eigenvalue weighted by Crippen LogP contribution is -2.36. The maximum absolute atomic E-state index is 12.3. The number of aromatic nitrogens is 1. The molecule has 9 nitrogen and oxygen atoms in total. The summed E-state index contributed by atoms with van der Waals surface area (Å²) < 4.78 is 31.1. The molecule has 130 valence electrons. The highest BCUT2D eigenvalue weighted by atomic mass is 32.2. The molecule has 0 aliphatic heterocycles. The zero-order valence-corrected chi connectivity index (χ0v) is 13.9. The first kappa shape index (κ1) is 19.1. The van der Waals surface area contributed by atoms with Gasteiger partial charge in [-0.3, -0.25) is 9.59 Å². The van der Waals surface area contributed by atoms with Crippen molar-refractivity contribution in [2.75, 3.05) is 33.4 Å². The molecule has 0 bridgehead atoms. The van der Waals surface area contributed by atoms with Crippen molar-refractivity contribution in [3.63, 3.8) is 0 Å². The van der Waals surface area contributed by atoms with Gasteiger partial charge in [0.2, 0.25) is 10.0 Å². The lowest BCUT2D eigenvalue weighted by molar-refractivity contribution is -0.137. The molecule has 0 saturated heterocycles. The summed E-state index contributed by atoms with van der Waals surface area (Å²) in [7, 11) is -2.30. The monoisotopic (exact) mass is 347 g/mol. The third-order valence-electron chi connectivity index (χ3n) is 2.90. The molecule has 1 aromatic rings. The van der Waals surface area contributed by atoms with Crippen molar-refractivity contribution in [3.8, 4) is 0 Å². The van der Waals surface area contributed by atoms with Crippen LogP contribution in [0, 0.1) is 0 Å². The highest BCUT2D eigenvalue weighted by Crippen LogP contribution is 2.12. The fraction of sp³-hybridized carbons (Fsp3) is 0.538. The Morgan fingerprint density at radius 1 is 1.43 bits per heavy atom. The van der Waals surface area contributed by atoms with Crippen LogP contribution in [0.25, 0.3) is 0 Å². The third kappa shape index (κ3) is 5.66. The van der Waals surface area contributed by atoms with Crippen molar-refractivity contribution in [2.45, 2.75) is 18.2 Å². The Hall–Kier alpha value is -1.91. The summed E-state index contributed by atoms with van der Waals surface area (Å²) in [5.74, 6) is -1.69. The molecule has 1 amide bonds. The van der Waals surface area contributed by atoms with Crippen molar-refractivity contribution in [3.05, 3.63) is 18.0 Å². The fourth-order valence-electron chi connectivity index (χ4n) is 1.87. The van der Waals surface area contributed by atoms with Gasteiger partial charge in [-0.1, -0.05) is 6.92 Å². The molecule has 10 heteroatoms. The molecule has 0 spiro atoms. The predicted octanol–water partition coefficient (Wildman–Crippen LogP) is -0.124. The maximum Gasteiger partial charge on any atom is 0.323 e. The van der Waals surface area contributed by atoms with E-state index in [0.29, 0.717) is 6.42 Å². The van der Waals surface area contributed by atoms with Gasteiger partial charge in [0.1, 0.15) is 17.1 Å². The van der Waals surface area contributed by atoms with Gasteiger partial charge in [0.05, 0.1) is 6.61 Å². The molecule has 23 heavy (non-hydrogen) atoms. The quantitative estimate of drug-likeness (QED) is 0.506. The zero-order valence-electron chi connectivity index (χ0n) is 13.0. The first-order valence-corrected chi connectivity index (χ1v) is 8.48. The van der Waals surface area contributed by atoms with Crippen LogP contribution in [-0.2, 0) is 19.6 Å². The lowest BCUT2D eigenvalue weighted by Gasteiger charge is -2.18. The number of rotatable bonds is 10. The number of ether oxygens (including phenoxy) is 1. The maximum atomic E-state index is 12.3. The minimum absolute atomic E-state index is 0.0202. The number of nitrogens with one attached hydrogen (secondary N) is 2. The van der Waals surface area contributed by atoms with Crippen molar-refractivity contribution in [1.29, 1.82) is 0 Å². The third-order valence-corrected chi connectivity index (χ3v) is 4.34. The molecule has 0 atom stereocenters. The Labute approximate surface area is 134 Å². The van der Waals surface area contributed by atoms with Gasteiger partial charge in [0, 0.05) is 26.4 Å². The summed E-state index contributed by atoms with van der Waals surface area (Å²) in [5.41, 5.74) is 0.0202. The van der Waals surface area contributed by atoms with E-state index in [1.807, 2.05) is 6.92 Å². The summed E-state index contributed by atoms with van der Waals surface area (Å²) in [6, 6.07) is 1.18. The molecular weight excluding hydrogens is 326 g/mol. The van der Waals surface area contributed by atoms with Crippen LogP contribution in [0.4, 0.5) is 0 Å². The largest absolute Gasteiger partial charge is 0.480 e. The van der Waals surface area contributed by atoms with Crippen LogP contribution in [0.15, 0.2) is 17.2 Å². The molecule has 0 radical (unpaired) electrons. The number of carboxylic acids is 1. The van der Waals surface area contributed by atoms with Crippen molar-refractivity contribution >= 4 is 21.9 Å². The van der Waals surface area contributed by atoms with E-state index >= 15 is 0 Å². The van der Waals surface area contributed by atoms with Crippen LogP contribution < -0.4 is 4.72 Å². The summed E-state index contributed by atoms with van der Waals surface area (Å²) >= 11 is 0. The van der Waals surface area contributed by atoms with E-state index in [4.69, 9.17) is 9.84 Å². The molecule has 1 rings (SSSR count). The SMILES string of the molecule is CCCN(CC(=O)O)C(=O)c1cc(S(=O)(=O)NCCOC)c[nH]1. The van der Waals surface area contributed by atoms with E-state index in [1.165, 1.54) is 19.4 Å². The number of H-pyrrole nitrogens is 1. The highest BCUT2D eigenvalue weighted by molar-refractivity contribution is 7.89. The van der Waals surface area contributed by atoms with E-state index in [-0.39, 0.29) is 30.3 Å². The Bertz CT molecular complexity index is 640. The van der Waals surface area contributed by atoms with Crippen LogP contribution in [-0.4, -0.2) is 68.6 Å². The van der Waals surface area contributed by atoms with Crippen molar-refractivity contribution in [1.82, 2.24) is 14.6 Å². The number of sulfonamides is 1. The number of carbonyl (C=O) groups is 2. The Morgan fingerprint density at radius 2 is 2.13 bits per heavy atom. The minimum Gasteiger partial charge on any atom is -0.480 e. The molecule has 1 heterocycles. The van der Waals surface area contributed by atoms with E-state index in [2.05, 4.69) is 9.71 Å². The highest BCUT2D eigenvalue weighted by Gasteiger charge is 2.22. The molecule has 0 unspecified atom stereocenters. The predicted molar refractivity (Wildman–Crippen MR) is 81.7 cm³/mol. The second-order valence-corrected chi connectivity index (χ2v) is 6.53. The van der Waals surface area contributed by atoms with Gasteiger partial charge < -0.3 is 19.7 Å². The van der Waals surface area contributed by atoms with Crippen LogP contribution in [0.2, 0.25) is 0 Å². The van der Waals surface area contributed by atoms with E-state index in [1.54, 1.807) is 0 Å². The summed E-state index contributed by atoms with van der Waals surface area (Å²) in [6.07, 6.45) is 1.77. The molecule has 0 fully saturated rings. The summed E-state index contributed by atoms with van der Waals surface area (Å²) in [6.45, 7) is 1.96. The van der Waals surface area contributed by atoms with Gasteiger partial charge >= 0.3 is 5.97 Å². The number of aromatic amines is 1. The number of amides is 1. The van der Waals surface area contributed by atoms with Crippen molar-refractivity contribution < 1.29 is 27.9 Å². The first-order chi connectivity index (χ1) is 10.8. The first-order valence-electron chi connectivity index (χ1n) is 7.00. The number of nitrogens with zero attached hydrogens (tertiary/aromatic N) is 1. The van der Waals surface area contributed by atoms with Crippen LogP contribution >= 0.6 is 0 Å². The van der Waals surface area contributed by atoms with Gasteiger partial charge in [-0.15, -0.1) is 0 Å². The second-order valence-electron chi connectivity index (χ2n) is 4.76. The van der Waals surface area contributed by atoms with Gasteiger partial charge in [-0.05, 0) is 12.5 Å². The standard InChI is InChI=1S/C13H21N3O6S/c1-3-5-16(9-12(17)18)13(19)11-7-10(8-14-11)23(20,21)15-4-6-22-2/h7-8,14-15H,3-6,9H2,1-2H3,(H,17,18). The molecule has 0 aromatic carbocycles. The van der Waals surface area contributed by atoms with Gasteiger partial charge in [0.15, 0.2) is 0 Å². The molecule has 3 N–H and O–H groups in total. The Kier molecular flexibility index (Phi) is 7.20. The minimum atomic E-state index is -3.75. The fourth-order valence-corrected chi connectivity index (χ4v) is 2.88. The topological polar surface area (TPSA) is 129 Å². The van der Waals surface area contributed by atoms with E-state index < -0.39 is 28.4 Å².